The summed E-state index contributed by atoms with van der Waals surface area (Å²) >= 11 is 0. The Morgan fingerprint density at radius 3 is 1.74 bits per heavy atom. The maximum absolute atomic E-state index is 4.21. The lowest BCUT2D eigenvalue weighted by atomic mass is 10.1. The lowest BCUT2D eigenvalue weighted by molar-refractivity contribution is 0.257. The van der Waals surface area contributed by atoms with Crippen LogP contribution in [0.15, 0.2) is 72.8 Å². The summed E-state index contributed by atoms with van der Waals surface area (Å²) in [7, 11) is 4.19. The summed E-state index contributed by atoms with van der Waals surface area (Å²) in [5.74, 6) is 0. The van der Waals surface area contributed by atoms with Gasteiger partial charge in [-0.05, 0) is 31.6 Å². The molecule has 0 aliphatic heterocycles. The summed E-state index contributed by atoms with van der Waals surface area (Å²) in [6.07, 6.45) is 1.04. The van der Waals surface area contributed by atoms with Gasteiger partial charge >= 0.3 is 0 Å². The lowest BCUT2D eigenvalue weighted by Crippen LogP contribution is -2.25. The van der Waals surface area contributed by atoms with Gasteiger partial charge in [0.1, 0.15) is 0 Å². The molecular formula is C21H28N2. The van der Waals surface area contributed by atoms with Crippen LogP contribution in [0.5, 0.6) is 0 Å². The van der Waals surface area contributed by atoms with Gasteiger partial charge in [0.25, 0.3) is 0 Å². The van der Waals surface area contributed by atoms with Gasteiger partial charge in [0, 0.05) is 26.2 Å². The van der Waals surface area contributed by atoms with E-state index in [2.05, 4.69) is 91.1 Å². The summed E-state index contributed by atoms with van der Waals surface area (Å²) in [4.78, 5) is 4.69. The standard InChI is InChI=1S/C21H28N2/c1-19(16-22(2)3)14-15-23(17-20-10-6-4-7-11-20)18-21-12-8-5-9-13-21/h4-13H,1,14-18H2,2-3H3. The van der Waals surface area contributed by atoms with Gasteiger partial charge in [-0.2, -0.15) is 0 Å². The third-order valence-corrected chi connectivity index (χ3v) is 3.82. The largest absolute Gasteiger partial charge is 0.305 e. The van der Waals surface area contributed by atoms with Crippen LogP contribution < -0.4 is 0 Å². The Hall–Kier alpha value is -1.90. The second-order valence-electron chi connectivity index (χ2n) is 6.42. The Morgan fingerprint density at radius 1 is 0.826 bits per heavy atom. The molecule has 2 aromatic rings. The lowest BCUT2D eigenvalue weighted by Gasteiger charge is -2.24. The van der Waals surface area contributed by atoms with Crippen LogP contribution in [0, 0.1) is 0 Å². The van der Waals surface area contributed by atoms with Gasteiger partial charge in [0.05, 0.1) is 0 Å². The van der Waals surface area contributed by atoms with Gasteiger partial charge in [-0.15, -0.1) is 0 Å². The summed E-state index contributed by atoms with van der Waals surface area (Å²) in [6, 6.07) is 21.4. The highest BCUT2D eigenvalue weighted by molar-refractivity contribution is 5.17. The first-order valence-corrected chi connectivity index (χ1v) is 8.25. The van der Waals surface area contributed by atoms with Crippen molar-refractivity contribution in [2.75, 3.05) is 27.2 Å². The quantitative estimate of drug-likeness (QED) is 0.641. The molecule has 0 fully saturated rings. The molecule has 0 radical (unpaired) electrons. The van der Waals surface area contributed by atoms with E-state index in [1.54, 1.807) is 0 Å². The molecule has 0 bridgehead atoms. The third-order valence-electron chi connectivity index (χ3n) is 3.82. The third kappa shape index (κ3) is 6.81. The molecule has 2 heteroatoms. The molecule has 2 rings (SSSR count). The zero-order chi connectivity index (χ0) is 16.5. The van der Waals surface area contributed by atoms with Crippen LogP contribution in [0.1, 0.15) is 17.5 Å². The molecule has 0 saturated carbocycles. The minimum absolute atomic E-state index is 0.963. The minimum Gasteiger partial charge on any atom is -0.305 e. The Kier molecular flexibility index (Phi) is 7.05. The van der Waals surface area contributed by atoms with Crippen LogP contribution in [-0.4, -0.2) is 37.0 Å². The first kappa shape index (κ1) is 17.5. The van der Waals surface area contributed by atoms with Crippen molar-refractivity contribution in [3.63, 3.8) is 0 Å². The van der Waals surface area contributed by atoms with Crippen LogP contribution in [0.4, 0.5) is 0 Å². The first-order chi connectivity index (χ1) is 11.1. The molecule has 2 aromatic carbocycles. The predicted molar refractivity (Wildman–Crippen MR) is 99.3 cm³/mol. The van der Waals surface area contributed by atoms with Crippen LogP contribution >= 0.6 is 0 Å². The topological polar surface area (TPSA) is 6.48 Å². The fourth-order valence-corrected chi connectivity index (χ4v) is 2.74. The number of benzene rings is 2. The van der Waals surface area contributed by atoms with Crippen molar-refractivity contribution < 1.29 is 0 Å². The van der Waals surface area contributed by atoms with E-state index in [4.69, 9.17) is 0 Å². The smallest absolute Gasteiger partial charge is 0.0237 e. The molecule has 0 amide bonds. The van der Waals surface area contributed by atoms with Gasteiger partial charge in [-0.1, -0.05) is 72.8 Å². The number of likely N-dealkylation sites (N-methyl/N-ethyl adjacent to an activating group) is 1. The molecule has 0 saturated heterocycles. The van der Waals surface area contributed by atoms with E-state index in [0.29, 0.717) is 0 Å². The molecule has 23 heavy (non-hydrogen) atoms. The Balaban J connectivity index is 1.97. The second kappa shape index (κ2) is 9.29. The number of hydrogen-bond donors (Lipinski definition) is 0. The highest BCUT2D eigenvalue weighted by Crippen LogP contribution is 2.12. The van der Waals surface area contributed by atoms with E-state index >= 15 is 0 Å². The monoisotopic (exact) mass is 308 g/mol. The van der Waals surface area contributed by atoms with Crippen molar-refractivity contribution in [3.05, 3.63) is 83.9 Å². The maximum atomic E-state index is 4.21. The van der Waals surface area contributed by atoms with E-state index in [1.807, 2.05) is 0 Å². The number of nitrogens with zero attached hydrogens (tertiary/aromatic N) is 2. The molecule has 0 aromatic heterocycles. The summed E-state index contributed by atoms with van der Waals surface area (Å²) in [5, 5.41) is 0. The van der Waals surface area contributed by atoms with Crippen LogP contribution in [0.25, 0.3) is 0 Å². The highest BCUT2D eigenvalue weighted by Gasteiger charge is 2.08. The summed E-state index contributed by atoms with van der Waals surface area (Å²) in [5.41, 5.74) is 4.02. The van der Waals surface area contributed by atoms with Crippen LogP contribution in [0.2, 0.25) is 0 Å². The SMILES string of the molecule is C=C(CCN(Cc1ccccc1)Cc1ccccc1)CN(C)C. The highest BCUT2D eigenvalue weighted by atomic mass is 15.1. The molecule has 122 valence electrons. The minimum atomic E-state index is 0.963. The molecule has 0 atom stereocenters. The zero-order valence-electron chi connectivity index (χ0n) is 14.4. The molecule has 0 unspecified atom stereocenters. The molecule has 2 nitrogen and oxygen atoms in total. The van der Waals surface area contributed by atoms with Crippen molar-refractivity contribution >= 4 is 0 Å². The average molecular weight is 308 g/mol. The van der Waals surface area contributed by atoms with Crippen molar-refractivity contribution in [2.45, 2.75) is 19.5 Å². The summed E-state index contributed by atoms with van der Waals surface area (Å²) in [6.45, 7) is 8.17. The van der Waals surface area contributed by atoms with Gasteiger partial charge < -0.3 is 4.90 Å². The molecule has 0 N–H and O–H groups in total. The summed E-state index contributed by atoms with van der Waals surface area (Å²) < 4.78 is 0. The fourth-order valence-electron chi connectivity index (χ4n) is 2.74. The molecule has 0 heterocycles. The predicted octanol–water partition coefficient (Wildman–Crippen LogP) is 4.20. The Morgan fingerprint density at radius 2 is 1.30 bits per heavy atom. The molecule has 0 spiro atoms. The average Bonchev–Trinajstić information content (AvgIpc) is 2.54. The van der Waals surface area contributed by atoms with E-state index in [1.165, 1.54) is 16.7 Å². The van der Waals surface area contributed by atoms with Crippen molar-refractivity contribution in [1.82, 2.24) is 9.80 Å². The van der Waals surface area contributed by atoms with Crippen molar-refractivity contribution in [2.24, 2.45) is 0 Å². The zero-order valence-corrected chi connectivity index (χ0v) is 14.4. The van der Waals surface area contributed by atoms with Crippen molar-refractivity contribution in [1.29, 1.82) is 0 Å². The molecule has 0 aliphatic rings. The Labute approximate surface area is 141 Å². The Bertz CT molecular complexity index is 534. The molecular weight excluding hydrogens is 280 g/mol. The molecule has 0 aliphatic carbocycles. The van der Waals surface area contributed by atoms with Crippen LogP contribution in [-0.2, 0) is 13.1 Å². The van der Waals surface area contributed by atoms with Crippen LogP contribution in [0.3, 0.4) is 0 Å². The van der Waals surface area contributed by atoms with E-state index < -0.39 is 0 Å². The van der Waals surface area contributed by atoms with Crippen molar-refractivity contribution in [3.8, 4) is 0 Å². The van der Waals surface area contributed by atoms with Gasteiger partial charge in [0.2, 0.25) is 0 Å². The van der Waals surface area contributed by atoms with E-state index in [0.717, 1.165) is 32.6 Å². The second-order valence-corrected chi connectivity index (χ2v) is 6.42. The van der Waals surface area contributed by atoms with E-state index in [9.17, 15) is 0 Å². The van der Waals surface area contributed by atoms with Gasteiger partial charge in [-0.3, -0.25) is 4.90 Å². The van der Waals surface area contributed by atoms with Gasteiger partial charge in [0.15, 0.2) is 0 Å². The maximum Gasteiger partial charge on any atom is 0.0237 e. The number of rotatable bonds is 9. The first-order valence-electron chi connectivity index (χ1n) is 8.25. The van der Waals surface area contributed by atoms with Gasteiger partial charge in [-0.25, -0.2) is 0 Å². The van der Waals surface area contributed by atoms with E-state index in [-0.39, 0.29) is 0 Å². The fraction of sp³-hybridized carbons (Fsp3) is 0.333. The number of hydrogen-bond acceptors (Lipinski definition) is 2. The normalized spacial score (nSPS) is 11.1.